The Balaban J connectivity index is 1.83. The molecular formula is C15H17NO3S. The van der Waals surface area contributed by atoms with Crippen LogP contribution in [0.4, 0.5) is 5.69 Å². The molecule has 0 aliphatic carbocycles. The number of amides is 1. The first kappa shape index (κ1) is 14.6. The molecule has 2 rings (SSSR count). The Morgan fingerprint density at radius 3 is 2.65 bits per heavy atom. The molecule has 0 spiro atoms. The van der Waals surface area contributed by atoms with Gasteiger partial charge in [-0.05, 0) is 42.6 Å². The van der Waals surface area contributed by atoms with E-state index < -0.39 is 0 Å². The van der Waals surface area contributed by atoms with Gasteiger partial charge in [0, 0.05) is 12.3 Å². The molecule has 4 nitrogen and oxygen atoms in total. The summed E-state index contributed by atoms with van der Waals surface area (Å²) in [4.78, 5) is 12.6. The summed E-state index contributed by atoms with van der Waals surface area (Å²) in [5.74, 6) is 0.670. The molecule has 2 aromatic rings. The van der Waals surface area contributed by atoms with Crippen LogP contribution in [0.2, 0.25) is 0 Å². The minimum absolute atomic E-state index is 0.0926. The van der Waals surface area contributed by atoms with Gasteiger partial charge >= 0.3 is 0 Å². The average Bonchev–Trinajstić information content (AvgIpc) is 3.00. The number of benzene rings is 1. The van der Waals surface area contributed by atoms with Crippen molar-refractivity contribution in [2.75, 3.05) is 25.1 Å². The Morgan fingerprint density at radius 1 is 1.20 bits per heavy atom. The number of carbonyl (C=O) groups excluding carboxylic acids is 1. The molecule has 0 radical (unpaired) electrons. The van der Waals surface area contributed by atoms with E-state index in [9.17, 15) is 4.79 Å². The summed E-state index contributed by atoms with van der Waals surface area (Å²) in [7, 11) is 0. The van der Waals surface area contributed by atoms with Crippen molar-refractivity contribution in [3.63, 3.8) is 0 Å². The summed E-state index contributed by atoms with van der Waals surface area (Å²) in [6.45, 7) is 3.74. The second-order valence-electron chi connectivity index (χ2n) is 4.00. The molecule has 1 amide bonds. The van der Waals surface area contributed by atoms with Gasteiger partial charge in [0.25, 0.3) is 5.91 Å². The Labute approximate surface area is 122 Å². The van der Waals surface area contributed by atoms with Crippen LogP contribution in [0.3, 0.4) is 0 Å². The highest BCUT2D eigenvalue weighted by Crippen LogP contribution is 2.17. The van der Waals surface area contributed by atoms with Crippen molar-refractivity contribution in [2.45, 2.75) is 6.92 Å². The molecule has 0 bridgehead atoms. The molecule has 106 valence electrons. The number of nitrogens with one attached hydrogen (secondary N) is 1. The van der Waals surface area contributed by atoms with Crippen LogP contribution in [0, 0.1) is 0 Å². The van der Waals surface area contributed by atoms with Gasteiger partial charge in [-0.25, -0.2) is 0 Å². The third kappa shape index (κ3) is 4.36. The van der Waals surface area contributed by atoms with Crippen LogP contribution in [-0.2, 0) is 4.74 Å². The molecule has 5 heteroatoms. The van der Waals surface area contributed by atoms with Gasteiger partial charge in [0.15, 0.2) is 0 Å². The van der Waals surface area contributed by atoms with Crippen molar-refractivity contribution in [3.8, 4) is 5.75 Å². The van der Waals surface area contributed by atoms with Crippen LogP contribution in [0.1, 0.15) is 16.6 Å². The highest BCUT2D eigenvalue weighted by atomic mass is 32.1. The first-order chi connectivity index (χ1) is 9.79. The molecule has 0 aliphatic rings. The molecule has 0 saturated carbocycles. The first-order valence-electron chi connectivity index (χ1n) is 6.45. The summed E-state index contributed by atoms with van der Waals surface area (Å²) >= 11 is 1.42. The molecule has 20 heavy (non-hydrogen) atoms. The molecule has 0 unspecified atom stereocenters. The number of thiophene rings is 1. The van der Waals surface area contributed by atoms with E-state index in [0.29, 0.717) is 24.7 Å². The molecule has 1 aromatic carbocycles. The van der Waals surface area contributed by atoms with E-state index in [1.807, 2.05) is 42.6 Å². The lowest BCUT2D eigenvalue weighted by atomic mass is 10.3. The van der Waals surface area contributed by atoms with Gasteiger partial charge in [-0.2, -0.15) is 0 Å². The number of anilines is 1. The maximum atomic E-state index is 11.9. The second kappa shape index (κ2) is 7.67. The smallest absolute Gasteiger partial charge is 0.265 e. The van der Waals surface area contributed by atoms with Crippen LogP contribution in [0.15, 0.2) is 41.8 Å². The van der Waals surface area contributed by atoms with Crippen molar-refractivity contribution in [1.29, 1.82) is 0 Å². The van der Waals surface area contributed by atoms with Crippen LogP contribution in [-0.4, -0.2) is 25.7 Å². The molecule has 0 fully saturated rings. The third-order valence-corrected chi connectivity index (χ3v) is 3.43. The minimum Gasteiger partial charge on any atom is -0.491 e. The number of rotatable bonds is 7. The summed E-state index contributed by atoms with van der Waals surface area (Å²) in [5, 5.41) is 4.72. The third-order valence-electron chi connectivity index (χ3n) is 2.56. The van der Waals surface area contributed by atoms with Crippen molar-refractivity contribution < 1.29 is 14.3 Å². The SMILES string of the molecule is CCOCCOc1ccc(NC(=O)c2cccs2)cc1. The summed E-state index contributed by atoms with van der Waals surface area (Å²) in [6, 6.07) is 11.0. The lowest BCUT2D eigenvalue weighted by Gasteiger charge is -2.08. The van der Waals surface area contributed by atoms with Crippen LogP contribution >= 0.6 is 11.3 Å². The summed E-state index contributed by atoms with van der Waals surface area (Å²) in [6.07, 6.45) is 0. The fourth-order valence-electron chi connectivity index (χ4n) is 1.60. The van der Waals surface area contributed by atoms with E-state index in [2.05, 4.69) is 5.32 Å². The number of ether oxygens (including phenoxy) is 2. The maximum absolute atomic E-state index is 11.9. The van der Waals surface area contributed by atoms with Crippen molar-refractivity contribution in [2.24, 2.45) is 0 Å². The van der Waals surface area contributed by atoms with Gasteiger partial charge < -0.3 is 14.8 Å². The van der Waals surface area contributed by atoms with E-state index >= 15 is 0 Å². The van der Waals surface area contributed by atoms with Gasteiger partial charge in [-0.1, -0.05) is 6.07 Å². The maximum Gasteiger partial charge on any atom is 0.265 e. The minimum atomic E-state index is -0.0926. The second-order valence-corrected chi connectivity index (χ2v) is 4.95. The summed E-state index contributed by atoms with van der Waals surface area (Å²) in [5.41, 5.74) is 0.751. The largest absolute Gasteiger partial charge is 0.491 e. The van der Waals surface area contributed by atoms with Crippen LogP contribution < -0.4 is 10.1 Å². The van der Waals surface area contributed by atoms with Gasteiger partial charge in [0.05, 0.1) is 11.5 Å². The lowest BCUT2D eigenvalue weighted by molar-refractivity contribution is 0.103. The van der Waals surface area contributed by atoms with Crippen molar-refractivity contribution >= 4 is 22.9 Å². The van der Waals surface area contributed by atoms with E-state index in [-0.39, 0.29) is 5.91 Å². The lowest BCUT2D eigenvalue weighted by Crippen LogP contribution is -2.10. The predicted molar refractivity (Wildman–Crippen MR) is 80.7 cm³/mol. The van der Waals surface area contributed by atoms with Crippen LogP contribution in [0.25, 0.3) is 0 Å². The van der Waals surface area contributed by atoms with Crippen molar-refractivity contribution in [3.05, 3.63) is 46.7 Å². The molecule has 1 heterocycles. The number of hydrogen-bond acceptors (Lipinski definition) is 4. The quantitative estimate of drug-likeness (QED) is 0.795. The predicted octanol–water partition coefficient (Wildman–Crippen LogP) is 3.42. The zero-order valence-corrected chi connectivity index (χ0v) is 12.1. The van der Waals surface area contributed by atoms with Gasteiger partial charge in [0.2, 0.25) is 0 Å². The van der Waals surface area contributed by atoms with Gasteiger partial charge in [-0.3, -0.25) is 4.79 Å². The normalized spacial score (nSPS) is 10.2. The average molecular weight is 291 g/mol. The zero-order valence-electron chi connectivity index (χ0n) is 11.3. The molecule has 1 N–H and O–H groups in total. The monoisotopic (exact) mass is 291 g/mol. The molecular weight excluding hydrogens is 274 g/mol. The van der Waals surface area contributed by atoms with E-state index in [4.69, 9.17) is 9.47 Å². The number of carbonyl (C=O) groups is 1. The Morgan fingerprint density at radius 2 is 2.00 bits per heavy atom. The fraction of sp³-hybridized carbons (Fsp3) is 0.267. The van der Waals surface area contributed by atoms with Crippen LogP contribution in [0.5, 0.6) is 5.75 Å². The zero-order chi connectivity index (χ0) is 14.2. The Bertz CT molecular complexity index is 523. The van der Waals surface area contributed by atoms with Gasteiger partial charge in [-0.15, -0.1) is 11.3 Å². The number of hydrogen-bond donors (Lipinski definition) is 1. The molecule has 1 aromatic heterocycles. The fourth-order valence-corrected chi connectivity index (χ4v) is 2.22. The molecule has 0 aliphatic heterocycles. The van der Waals surface area contributed by atoms with Crippen molar-refractivity contribution in [1.82, 2.24) is 0 Å². The topological polar surface area (TPSA) is 47.6 Å². The Hall–Kier alpha value is -1.85. The van der Waals surface area contributed by atoms with E-state index in [1.54, 1.807) is 6.07 Å². The van der Waals surface area contributed by atoms with E-state index in [0.717, 1.165) is 11.4 Å². The standard InChI is InChI=1S/C15H17NO3S/c1-2-18-9-10-19-13-7-5-12(6-8-13)16-15(17)14-4-3-11-20-14/h3-8,11H,2,9-10H2,1H3,(H,16,17). The highest BCUT2D eigenvalue weighted by molar-refractivity contribution is 7.12. The molecule has 0 atom stereocenters. The van der Waals surface area contributed by atoms with Gasteiger partial charge in [0.1, 0.15) is 12.4 Å². The summed E-state index contributed by atoms with van der Waals surface area (Å²) < 4.78 is 10.7. The first-order valence-corrected chi connectivity index (χ1v) is 7.33. The highest BCUT2D eigenvalue weighted by Gasteiger charge is 2.06. The Kier molecular flexibility index (Phi) is 5.58. The molecule has 0 saturated heterocycles. The van der Waals surface area contributed by atoms with E-state index in [1.165, 1.54) is 11.3 Å².